The van der Waals surface area contributed by atoms with Gasteiger partial charge in [0, 0.05) is 44.5 Å². The van der Waals surface area contributed by atoms with E-state index >= 15 is 0 Å². The van der Waals surface area contributed by atoms with Crippen molar-refractivity contribution >= 4 is 46.8 Å². The van der Waals surface area contributed by atoms with E-state index in [2.05, 4.69) is 0 Å². The smallest absolute Gasteiger partial charge is 0.323 e. The molecule has 0 bridgehead atoms. The first-order valence-corrected chi connectivity index (χ1v) is 16.3. The molecule has 0 heterocycles. The van der Waals surface area contributed by atoms with Crippen LogP contribution in [-0.4, -0.2) is 65.1 Å². The van der Waals surface area contributed by atoms with Crippen LogP contribution in [-0.2, 0) is 28.7 Å². The van der Waals surface area contributed by atoms with Crippen molar-refractivity contribution in [1.82, 2.24) is 0 Å². The number of rotatable bonds is 12. The van der Waals surface area contributed by atoms with E-state index in [0.717, 1.165) is 0 Å². The highest BCUT2D eigenvalue weighted by Crippen LogP contribution is 2.35. The summed E-state index contributed by atoms with van der Waals surface area (Å²) in [7, 11) is 0. The van der Waals surface area contributed by atoms with Crippen molar-refractivity contribution in [2.24, 2.45) is 10.8 Å². The number of aliphatic carboxylic acids is 1. The Labute approximate surface area is 290 Å². The van der Waals surface area contributed by atoms with Crippen LogP contribution >= 0.6 is 0 Å². The van der Waals surface area contributed by atoms with Crippen molar-refractivity contribution in [3.63, 3.8) is 0 Å². The molecule has 0 saturated heterocycles. The molecule has 50 heavy (non-hydrogen) atoms. The first-order valence-electron chi connectivity index (χ1n) is 16.3. The molecule has 1 N–H and O–H groups in total. The third-order valence-electron chi connectivity index (χ3n) is 9.42. The molecular weight excluding hydrogens is 644 g/mol. The minimum absolute atomic E-state index is 0.0124. The van der Waals surface area contributed by atoms with Crippen LogP contribution in [0.25, 0.3) is 0 Å². The summed E-state index contributed by atoms with van der Waals surface area (Å²) in [4.78, 5) is 98.2. The Kier molecular flexibility index (Phi) is 12.5. The predicted octanol–water partition coefficient (Wildman–Crippen LogP) is 6.14. The molecule has 1 atom stereocenters. The van der Waals surface area contributed by atoms with E-state index < -0.39 is 34.5 Å². The molecule has 0 fully saturated rings. The van der Waals surface area contributed by atoms with Gasteiger partial charge >= 0.3 is 17.9 Å². The number of fused-ring (bicyclic) bond motifs is 2. The predicted molar refractivity (Wildman–Crippen MR) is 182 cm³/mol. The topological polar surface area (TPSA) is 175 Å². The zero-order chi connectivity index (χ0) is 37.6. The van der Waals surface area contributed by atoms with Gasteiger partial charge in [0.1, 0.15) is 11.2 Å². The molecule has 0 spiro atoms. The largest absolute Gasteiger partial charge is 0.481 e. The Hall–Kier alpha value is -5.32. The van der Waals surface area contributed by atoms with Crippen LogP contribution in [0.5, 0.6) is 0 Å². The van der Waals surface area contributed by atoms with Crippen LogP contribution < -0.4 is 0 Å². The van der Waals surface area contributed by atoms with Crippen LogP contribution in [0.2, 0.25) is 0 Å². The van der Waals surface area contributed by atoms with Gasteiger partial charge in [0.05, 0.1) is 13.2 Å². The lowest BCUT2D eigenvalue weighted by atomic mass is 9.77. The lowest BCUT2D eigenvalue weighted by Gasteiger charge is -2.26. The van der Waals surface area contributed by atoms with Gasteiger partial charge in [-0.15, -0.1) is 0 Å². The molecule has 0 radical (unpaired) electrons. The molecule has 0 aliphatic heterocycles. The average Bonchev–Trinajstić information content (AvgIpc) is 3.09. The minimum Gasteiger partial charge on any atom is -0.481 e. The quantitative estimate of drug-likeness (QED) is 0.201. The fraction of sp³-hybridized carbons (Fsp3) is 0.385. The summed E-state index contributed by atoms with van der Waals surface area (Å²) in [6.07, 6.45) is 0.163. The molecule has 11 heteroatoms. The maximum absolute atomic E-state index is 12.8. The van der Waals surface area contributed by atoms with Gasteiger partial charge in [-0.2, -0.15) is 0 Å². The third-order valence-corrected chi connectivity index (χ3v) is 9.42. The number of hydrogen-bond acceptors (Lipinski definition) is 10. The van der Waals surface area contributed by atoms with Crippen LogP contribution in [0.15, 0.2) is 70.8 Å². The molecule has 0 amide bonds. The zero-order valence-electron chi connectivity index (χ0n) is 29.4. The summed E-state index contributed by atoms with van der Waals surface area (Å²) in [6, 6.07) is 13.2. The number of carboxylic acid groups (broad SMARTS) is 1. The first kappa shape index (κ1) is 39.1. The van der Waals surface area contributed by atoms with Crippen LogP contribution in [0.4, 0.5) is 0 Å². The highest BCUT2D eigenvalue weighted by atomic mass is 16.6. The minimum atomic E-state index is -1.56. The van der Waals surface area contributed by atoms with E-state index in [4.69, 9.17) is 9.47 Å². The van der Waals surface area contributed by atoms with Gasteiger partial charge < -0.3 is 14.6 Å². The van der Waals surface area contributed by atoms with Gasteiger partial charge in [0.15, 0.2) is 28.5 Å². The second-order valence-electron chi connectivity index (χ2n) is 12.6. The number of carbonyl (C=O) groups is 8. The van der Waals surface area contributed by atoms with Gasteiger partial charge in [0.25, 0.3) is 0 Å². The van der Waals surface area contributed by atoms with Gasteiger partial charge in [0.2, 0.25) is 0 Å². The molecule has 1 unspecified atom stereocenters. The second-order valence-corrected chi connectivity index (χ2v) is 12.6. The van der Waals surface area contributed by atoms with Crippen LogP contribution in [0, 0.1) is 10.8 Å². The zero-order valence-corrected chi connectivity index (χ0v) is 29.4. The van der Waals surface area contributed by atoms with Crippen LogP contribution in [0.3, 0.4) is 0 Å². The van der Waals surface area contributed by atoms with Crippen molar-refractivity contribution < 1.29 is 52.9 Å². The molecule has 264 valence electrons. The van der Waals surface area contributed by atoms with Crippen LogP contribution in [0.1, 0.15) is 116 Å². The Morgan fingerprint density at radius 1 is 0.600 bits per heavy atom. The molecule has 0 aromatic heterocycles. The number of esters is 2. The number of ether oxygens (including phenoxy) is 2. The standard InChI is InChI=1S/C21H24O6.C18H18O5/c1-5-26-19(24)21(4,20(25)27-6-2)12-11-14-13(3)17(22)15-9-7-8-10-16(15)18(14)23;1-10-12(8-9-18(3,11(2)19)17(22)23)16(21)14-7-5-4-6-13(14)15(10)20/h7-10H,5-6,11-12H2,1-4H3;4-7H,8-9H2,1-3H3,(H,22,23). The summed E-state index contributed by atoms with van der Waals surface area (Å²) in [5.41, 5.74) is -0.406. The number of carboxylic acids is 1. The number of Topliss-reactive ketones (excluding diaryl/α,β-unsaturated/α-hetero) is 5. The van der Waals surface area contributed by atoms with Gasteiger partial charge in [-0.3, -0.25) is 38.4 Å². The first-order chi connectivity index (χ1) is 23.5. The number of allylic oxidation sites excluding steroid dienone is 4. The van der Waals surface area contributed by atoms with Crippen molar-refractivity contribution in [3.05, 3.63) is 93.1 Å². The maximum Gasteiger partial charge on any atom is 0.323 e. The van der Waals surface area contributed by atoms with Crippen molar-refractivity contribution in [2.75, 3.05) is 13.2 Å². The highest BCUT2D eigenvalue weighted by molar-refractivity contribution is 6.27. The number of hydrogen-bond donors (Lipinski definition) is 1. The van der Waals surface area contributed by atoms with Crippen molar-refractivity contribution in [3.8, 4) is 0 Å². The van der Waals surface area contributed by atoms with E-state index in [1.807, 2.05) is 0 Å². The number of carbonyl (C=O) groups excluding carboxylic acids is 7. The lowest BCUT2D eigenvalue weighted by Crippen LogP contribution is -2.40. The molecule has 2 aliphatic rings. The van der Waals surface area contributed by atoms with E-state index in [9.17, 15) is 43.5 Å². The van der Waals surface area contributed by atoms with E-state index in [-0.39, 0.29) is 62.0 Å². The average molecular weight is 687 g/mol. The summed E-state index contributed by atoms with van der Waals surface area (Å²) >= 11 is 0. The molecular formula is C39H42O11. The number of benzene rings is 2. The Bertz CT molecular complexity index is 1810. The Balaban J connectivity index is 0.000000274. The summed E-state index contributed by atoms with van der Waals surface area (Å²) in [5, 5.41) is 9.29. The molecule has 0 saturated carbocycles. The molecule has 2 aliphatic carbocycles. The molecule has 11 nitrogen and oxygen atoms in total. The molecule has 4 rings (SSSR count). The monoisotopic (exact) mass is 686 g/mol. The Morgan fingerprint density at radius 2 is 0.920 bits per heavy atom. The fourth-order valence-corrected chi connectivity index (χ4v) is 5.76. The summed E-state index contributed by atoms with van der Waals surface area (Å²) in [5.74, 6) is -4.05. The fourth-order valence-electron chi connectivity index (χ4n) is 5.76. The maximum atomic E-state index is 12.8. The van der Waals surface area contributed by atoms with E-state index in [1.165, 1.54) is 20.8 Å². The van der Waals surface area contributed by atoms with E-state index in [0.29, 0.717) is 44.5 Å². The third kappa shape index (κ3) is 7.61. The van der Waals surface area contributed by atoms with Crippen molar-refractivity contribution in [1.29, 1.82) is 0 Å². The second kappa shape index (κ2) is 15.9. The van der Waals surface area contributed by atoms with E-state index in [1.54, 1.807) is 76.2 Å². The molecule has 2 aromatic carbocycles. The molecule has 2 aromatic rings. The normalized spacial score (nSPS) is 15.3. The van der Waals surface area contributed by atoms with Gasteiger partial charge in [-0.25, -0.2) is 0 Å². The summed E-state index contributed by atoms with van der Waals surface area (Å²) < 4.78 is 10.1. The van der Waals surface area contributed by atoms with Gasteiger partial charge in [-0.05, 0) is 74.1 Å². The Morgan fingerprint density at radius 3 is 1.22 bits per heavy atom. The van der Waals surface area contributed by atoms with Crippen molar-refractivity contribution in [2.45, 2.75) is 74.1 Å². The SMILES string of the molecule is CC(=O)C(C)(CCC1=C(C)C(=O)c2ccccc2C1=O)C(=O)O.CCOC(=O)C(C)(CCC1=C(C)C(=O)c2ccccc2C1=O)C(=O)OCC. The highest BCUT2D eigenvalue weighted by Gasteiger charge is 2.45. The van der Waals surface area contributed by atoms with Gasteiger partial charge in [-0.1, -0.05) is 48.5 Å². The lowest BCUT2D eigenvalue weighted by molar-refractivity contribution is -0.171. The summed E-state index contributed by atoms with van der Waals surface area (Å²) in [6.45, 7) is 10.7. The number of ketones is 5.